The van der Waals surface area contributed by atoms with Crippen molar-refractivity contribution in [2.75, 3.05) is 18.0 Å². The van der Waals surface area contributed by atoms with Crippen LogP contribution in [0.4, 0.5) is 5.69 Å². The van der Waals surface area contributed by atoms with Gasteiger partial charge in [-0.2, -0.15) is 0 Å². The number of benzene rings is 1. The molecule has 0 spiro atoms. The molecule has 0 aliphatic carbocycles. The molecule has 0 saturated carbocycles. The predicted octanol–water partition coefficient (Wildman–Crippen LogP) is 4.43. The Labute approximate surface area is 126 Å². The van der Waals surface area contributed by atoms with E-state index in [1.807, 2.05) is 0 Å². The van der Waals surface area contributed by atoms with Crippen LogP contribution in [-0.2, 0) is 6.54 Å². The Balaban J connectivity index is 2.96. The standard InChI is InChI=1S/C16H27BrN2/c1-6-19(11-12(2)3)16-8-7-15(17)9-14(16)10-18-13(4)5/h7-9,12-13,18H,6,10-11H2,1-5H3. The monoisotopic (exact) mass is 326 g/mol. The molecular formula is C16H27BrN2. The SMILES string of the molecule is CCN(CC(C)C)c1ccc(Br)cc1CNC(C)C. The van der Waals surface area contributed by atoms with Crippen molar-refractivity contribution in [2.45, 2.75) is 47.2 Å². The third-order valence-electron chi connectivity index (χ3n) is 3.05. The summed E-state index contributed by atoms with van der Waals surface area (Å²) in [6, 6.07) is 7.10. The zero-order chi connectivity index (χ0) is 14.4. The van der Waals surface area contributed by atoms with Crippen LogP contribution < -0.4 is 10.2 Å². The lowest BCUT2D eigenvalue weighted by Gasteiger charge is -2.28. The number of hydrogen-bond donors (Lipinski definition) is 1. The highest BCUT2D eigenvalue weighted by Crippen LogP contribution is 2.25. The Morgan fingerprint density at radius 2 is 1.89 bits per heavy atom. The highest BCUT2D eigenvalue weighted by Gasteiger charge is 2.12. The van der Waals surface area contributed by atoms with Crippen LogP contribution >= 0.6 is 15.9 Å². The van der Waals surface area contributed by atoms with Gasteiger partial charge in [0.25, 0.3) is 0 Å². The lowest BCUT2D eigenvalue weighted by atomic mass is 10.1. The molecule has 1 rings (SSSR count). The van der Waals surface area contributed by atoms with Gasteiger partial charge >= 0.3 is 0 Å². The summed E-state index contributed by atoms with van der Waals surface area (Å²) in [6.45, 7) is 14.2. The number of hydrogen-bond acceptors (Lipinski definition) is 2. The topological polar surface area (TPSA) is 15.3 Å². The molecule has 0 fully saturated rings. The maximum Gasteiger partial charge on any atom is 0.0412 e. The lowest BCUT2D eigenvalue weighted by Crippen LogP contribution is -2.30. The summed E-state index contributed by atoms with van der Waals surface area (Å²) in [5.41, 5.74) is 2.72. The molecule has 108 valence electrons. The summed E-state index contributed by atoms with van der Waals surface area (Å²) in [5, 5.41) is 3.51. The van der Waals surface area contributed by atoms with Crippen LogP contribution in [0, 0.1) is 5.92 Å². The molecular weight excluding hydrogens is 300 g/mol. The normalized spacial score (nSPS) is 11.4. The van der Waals surface area contributed by atoms with E-state index in [4.69, 9.17) is 0 Å². The fraction of sp³-hybridized carbons (Fsp3) is 0.625. The smallest absolute Gasteiger partial charge is 0.0412 e. The first-order chi connectivity index (χ1) is 8.93. The minimum atomic E-state index is 0.506. The predicted molar refractivity (Wildman–Crippen MR) is 88.8 cm³/mol. The van der Waals surface area contributed by atoms with Gasteiger partial charge in [-0.05, 0) is 36.6 Å². The zero-order valence-electron chi connectivity index (χ0n) is 12.8. The van der Waals surface area contributed by atoms with E-state index in [-0.39, 0.29) is 0 Å². The summed E-state index contributed by atoms with van der Waals surface area (Å²) in [7, 11) is 0. The summed E-state index contributed by atoms with van der Waals surface area (Å²) in [5.74, 6) is 0.675. The van der Waals surface area contributed by atoms with E-state index in [1.165, 1.54) is 11.3 Å². The first kappa shape index (κ1) is 16.5. The van der Waals surface area contributed by atoms with Crippen molar-refractivity contribution in [3.63, 3.8) is 0 Å². The third kappa shape index (κ3) is 5.53. The minimum absolute atomic E-state index is 0.506. The second-order valence-corrected chi connectivity index (χ2v) is 6.66. The van der Waals surface area contributed by atoms with Crippen molar-refractivity contribution in [1.29, 1.82) is 0 Å². The molecule has 0 saturated heterocycles. The van der Waals surface area contributed by atoms with E-state index >= 15 is 0 Å². The van der Waals surface area contributed by atoms with Crippen molar-refractivity contribution >= 4 is 21.6 Å². The van der Waals surface area contributed by atoms with E-state index in [1.54, 1.807) is 0 Å². The van der Waals surface area contributed by atoms with Crippen LogP contribution in [0.25, 0.3) is 0 Å². The summed E-state index contributed by atoms with van der Waals surface area (Å²) in [6.07, 6.45) is 0. The Hall–Kier alpha value is -0.540. The van der Waals surface area contributed by atoms with Crippen LogP contribution in [0.5, 0.6) is 0 Å². The van der Waals surface area contributed by atoms with Crippen molar-refractivity contribution in [2.24, 2.45) is 5.92 Å². The summed E-state index contributed by atoms with van der Waals surface area (Å²) >= 11 is 3.58. The number of anilines is 1. The van der Waals surface area contributed by atoms with E-state index in [2.05, 4.69) is 79.0 Å². The first-order valence-electron chi connectivity index (χ1n) is 7.20. The molecule has 0 unspecified atom stereocenters. The molecule has 0 bridgehead atoms. The molecule has 0 atom stereocenters. The van der Waals surface area contributed by atoms with Gasteiger partial charge in [-0.3, -0.25) is 0 Å². The van der Waals surface area contributed by atoms with Gasteiger partial charge in [0.2, 0.25) is 0 Å². The van der Waals surface area contributed by atoms with Crippen LogP contribution in [0.15, 0.2) is 22.7 Å². The van der Waals surface area contributed by atoms with Crippen molar-refractivity contribution in [3.05, 3.63) is 28.2 Å². The molecule has 0 heterocycles. The average molecular weight is 327 g/mol. The van der Waals surface area contributed by atoms with Gasteiger partial charge in [-0.1, -0.05) is 43.6 Å². The van der Waals surface area contributed by atoms with Crippen molar-refractivity contribution < 1.29 is 0 Å². The molecule has 19 heavy (non-hydrogen) atoms. The number of halogens is 1. The van der Waals surface area contributed by atoms with Gasteiger partial charge in [0.05, 0.1) is 0 Å². The maximum absolute atomic E-state index is 3.58. The Morgan fingerprint density at radius 3 is 2.42 bits per heavy atom. The van der Waals surface area contributed by atoms with Crippen LogP contribution in [0.1, 0.15) is 40.2 Å². The molecule has 2 nitrogen and oxygen atoms in total. The Bertz CT molecular complexity index is 388. The molecule has 0 aromatic heterocycles. The first-order valence-corrected chi connectivity index (χ1v) is 8.00. The number of rotatable bonds is 7. The summed E-state index contributed by atoms with van der Waals surface area (Å²) < 4.78 is 1.15. The largest absolute Gasteiger partial charge is 0.371 e. The quantitative estimate of drug-likeness (QED) is 0.797. The van der Waals surface area contributed by atoms with Gasteiger partial charge in [-0.15, -0.1) is 0 Å². The molecule has 1 aromatic rings. The van der Waals surface area contributed by atoms with Crippen LogP contribution in [0.2, 0.25) is 0 Å². The van der Waals surface area contributed by atoms with E-state index in [0.717, 1.165) is 24.1 Å². The van der Waals surface area contributed by atoms with E-state index < -0.39 is 0 Å². The number of nitrogens with zero attached hydrogens (tertiary/aromatic N) is 1. The second kappa shape index (κ2) is 7.91. The fourth-order valence-electron chi connectivity index (χ4n) is 2.16. The average Bonchev–Trinajstić information content (AvgIpc) is 2.33. The Morgan fingerprint density at radius 1 is 1.21 bits per heavy atom. The zero-order valence-corrected chi connectivity index (χ0v) is 14.4. The van der Waals surface area contributed by atoms with Crippen LogP contribution in [-0.4, -0.2) is 19.1 Å². The van der Waals surface area contributed by atoms with Gasteiger partial charge < -0.3 is 10.2 Å². The maximum atomic E-state index is 3.58. The van der Waals surface area contributed by atoms with E-state index in [0.29, 0.717) is 12.0 Å². The van der Waals surface area contributed by atoms with Crippen molar-refractivity contribution in [1.82, 2.24) is 5.32 Å². The number of nitrogens with one attached hydrogen (secondary N) is 1. The highest BCUT2D eigenvalue weighted by atomic mass is 79.9. The second-order valence-electron chi connectivity index (χ2n) is 5.74. The lowest BCUT2D eigenvalue weighted by molar-refractivity contribution is 0.582. The van der Waals surface area contributed by atoms with Gasteiger partial charge in [0.1, 0.15) is 0 Å². The van der Waals surface area contributed by atoms with Gasteiger partial charge in [0.15, 0.2) is 0 Å². The molecule has 0 aliphatic rings. The van der Waals surface area contributed by atoms with Crippen LogP contribution in [0.3, 0.4) is 0 Å². The fourth-order valence-corrected chi connectivity index (χ4v) is 2.57. The van der Waals surface area contributed by atoms with Crippen molar-refractivity contribution in [3.8, 4) is 0 Å². The molecule has 3 heteroatoms. The molecule has 0 aliphatic heterocycles. The summed E-state index contributed by atoms with van der Waals surface area (Å²) in [4.78, 5) is 2.47. The molecule has 1 aromatic carbocycles. The molecule has 0 amide bonds. The highest BCUT2D eigenvalue weighted by molar-refractivity contribution is 9.10. The minimum Gasteiger partial charge on any atom is -0.371 e. The third-order valence-corrected chi connectivity index (χ3v) is 3.54. The van der Waals surface area contributed by atoms with Gasteiger partial charge in [-0.25, -0.2) is 0 Å². The molecule has 1 N–H and O–H groups in total. The van der Waals surface area contributed by atoms with Gasteiger partial charge in [0, 0.05) is 35.8 Å². The molecule has 0 radical (unpaired) electrons. The Kier molecular flexibility index (Phi) is 6.87. The van der Waals surface area contributed by atoms with E-state index in [9.17, 15) is 0 Å².